The molecule has 0 spiro atoms. The van der Waals surface area contributed by atoms with Gasteiger partial charge in [0.25, 0.3) is 0 Å². The zero-order valence-electron chi connectivity index (χ0n) is 31.7. The SMILES string of the molecule is CN(C)c1ccc(C(C=C(c2ccccc2)c2ccc(C(=CC(c3ccccc3)c3ccc(N(C)C)cc3)c3ccccc3)cc2)c2ccccc2)cc1. The second kappa shape index (κ2) is 17.0. The number of rotatable bonds is 12. The molecular weight excluding hydrogens is 653 g/mol. The fourth-order valence-electron chi connectivity index (χ4n) is 7.17. The highest BCUT2D eigenvalue weighted by Gasteiger charge is 2.18. The summed E-state index contributed by atoms with van der Waals surface area (Å²) in [5.74, 6) is 0.144. The summed E-state index contributed by atoms with van der Waals surface area (Å²) in [4.78, 5) is 4.30. The zero-order chi connectivity index (χ0) is 37.3. The van der Waals surface area contributed by atoms with E-state index in [9.17, 15) is 0 Å². The van der Waals surface area contributed by atoms with Crippen LogP contribution >= 0.6 is 0 Å². The van der Waals surface area contributed by atoms with Crippen LogP contribution in [0.15, 0.2) is 206 Å². The molecule has 2 atom stereocenters. The van der Waals surface area contributed by atoms with Crippen molar-refractivity contribution < 1.29 is 0 Å². The molecule has 2 nitrogen and oxygen atoms in total. The average molecular weight is 701 g/mol. The first-order valence-electron chi connectivity index (χ1n) is 18.7. The largest absolute Gasteiger partial charge is 0.378 e. The fraction of sp³-hybridized carbons (Fsp3) is 0.115. The summed E-state index contributed by atoms with van der Waals surface area (Å²) in [6.45, 7) is 0. The van der Waals surface area contributed by atoms with E-state index in [0.717, 1.165) is 0 Å². The monoisotopic (exact) mass is 700 g/mol. The molecule has 0 aromatic heterocycles. The Morgan fingerprint density at radius 2 is 0.574 bits per heavy atom. The van der Waals surface area contributed by atoms with Crippen molar-refractivity contribution in [2.24, 2.45) is 0 Å². The minimum absolute atomic E-state index is 0.0718. The quantitative estimate of drug-likeness (QED) is 0.125. The van der Waals surface area contributed by atoms with E-state index in [2.05, 4.69) is 244 Å². The van der Waals surface area contributed by atoms with E-state index >= 15 is 0 Å². The molecule has 0 aliphatic carbocycles. The summed E-state index contributed by atoms with van der Waals surface area (Å²) >= 11 is 0. The van der Waals surface area contributed by atoms with Crippen molar-refractivity contribution in [3.8, 4) is 0 Å². The van der Waals surface area contributed by atoms with Crippen LogP contribution in [-0.4, -0.2) is 28.2 Å². The lowest BCUT2D eigenvalue weighted by atomic mass is 9.84. The third kappa shape index (κ3) is 8.46. The predicted octanol–water partition coefficient (Wildman–Crippen LogP) is 12.3. The Hall–Kier alpha value is -6.38. The van der Waals surface area contributed by atoms with Crippen molar-refractivity contribution >= 4 is 22.5 Å². The molecule has 266 valence electrons. The molecule has 2 unspecified atom stereocenters. The van der Waals surface area contributed by atoms with Gasteiger partial charge in [0.15, 0.2) is 0 Å². The molecule has 0 radical (unpaired) electrons. The summed E-state index contributed by atoms with van der Waals surface area (Å²) in [5, 5.41) is 0. The molecule has 7 rings (SSSR count). The van der Waals surface area contributed by atoms with E-state index in [1.807, 2.05) is 0 Å². The van der Waals surface area contributed by atoms with Crippen LogP contribution in [0, 0.1) is 0 Å². The Morgan fingerprint density at radius 1 is 0.315 bits per heavy atom. The molecule has 2 heteroatoms. The molecule has 0 heterocycles. The van der Waals surface area contributed by atoms with E-state index in [1.165, 1.54) is 67.0 Å². The Labute approximate surface area is 322 Å². The maximum atomic E-state index is 2.45. The van der Waals surface area contributed by atoms with Crippen LogP contribution in [0.25, 0.3) is 11.1 Å². The summed E-state index contributed by atoms with van der Waals surface area (Å²) in [6, 6.07) is 70.4. The van der Waals surface area contributed by atoms with Crippen LogP contribution in [0.2, 0.25) is 0 Å². The van der Waals surface area contributed by atoms with E-state index in [4.69, 9.17) is 0 Å². The highest BCUT2D eigenvalue weighted by atomic mass is 15.1. The van der Waals surface area contributed by atoms with Crippen LogP contribution in [-0.2, 0) is 0 Å². The van der Waals surface area contributed by atoms with Gasteiger partial charge < -0.3 is 9.80 Å². The van der Waals surface area contributed by atoms with Gasteiger partial charge in [-0.15, -0.1) is 0 Å². The second-order valence-electron chi connectivity index (χ2n) is 14.2. The second-order valence-corrected chi connectivity index (χ2v) is 14.2. The number of hydrogen-bond acceptors (Lipinski definition) is 2. The summed E-state index contributed by atoms with van der Waals surface area (Å²) in [7, 11) is 8.35. The lowest BCUT2D eigenvalue weighted by Gasteiger charge is -2.20. The molecule has 7 aromatic rings. The van der Waals surface area contributed by atoms with Crippen LogP contribution in [0.1, 0.15) is 56.3 Å². The third-order valence-corrected chi connectivity index (χ3v) is 10.2. The molecule has 0 saturated heterocycles. The van der Waals surface area contributed by atoms with Gasteiger partial charge in [0.05, 0.1) is 0 Å². The number of benzene rings is 7. The van der Waals surface area contributed by atoms with Crippen LogP contribution in [0.5, 0.6) is 0 Å². The van der Waals surface area contributed by atoms with Crippen molar-refractivity contribution in [2.45, 2.75) is 11.8 Å². The van der Waals surface area contributed by atoms with Gasteiger partial charge in [0.1, 0.15) is 0 Å². The summed E-state index contributed by atoms with van der Waals surface area (Å²) < 4.78 is 0. The first-order valence-corrected chi connectivity index (χ1v) is 18.7. The Kier molecular flexibility index (Phi) is 11.3. The molecule has 0 N–H and O–H groups in total. The molecule has 7 aromatic carbocycles. The van der Waals surface area contributed by atoms with Crippen molar-refractivity contribution in [2.75, 3.05) is 38.0 Å². The Balaban J connectivity index is 1.34. The van der Waals surface area contributed by atoms with Crippen molar-refractivity contribution in [1.82, 2.24) is 0 Å². The smallest absolute Gasteiger partial charge is 0.0361 e. The normalized spacial score (nSPS) is 12.9. The minimum atomic E-state index is 0.0718. The Bertz CT molecular complexity index is 2100. The number of hydrogen-bond donors (Lipinski definition) is 0. The third-order valence-electron chi connectivity index (χ3n) is 10.2. The van der Waals surface area contributed by atoms with Crippen molar-refractivity contribution in [1.29, 1.82) is 0 Å². The standard InChI is InChI=1S/C52H48N2/c1-53(2)47-33-29-45(30-34-47)51(41-21-13-7-14-22-41)37-49(39-17-9-5-10-18-39)43-25-27-44(28-26-43)50(40-19-11-6-12-20-40)38-52(42-23-15-8-16-24-42)46-31-35-48(36-32-46)54(3)4/h5-38,51-52H,1-4H3. The highest BCUT2D eigenvalue weighted by molar-refractivity contribution is 5.85. The van der Waals surface area contributed by atoms with Gasteiger partial charge in [-0.1, -0.05) is 182 Å². The van der Waals surface area contributed by atoms with Crippen molar-refractivity contribution in [3.63, 3.8) is 0 Å². The van der Waals surface area contributed by atoms with Crippen LogP contribution in [0.4, 0.5) is 11.4 Å². The van der Waals surface area contributed by atoms with Gasteiger partial charge in [0.2, 0.25) is 0 Å². The van der Waals surface area contributed by atoms with Gasteiger partial charge in [-0.05, 0) is 79.9 Å². The van der Waals surface area contributed by atoms with E-state index in [0.29, 0.717) is 0 Å². The molecule has 0 saturated carbocycles. The minimum Gasteiger partial charge on any atom is -0.378 e. The maximum Gasteiger partial charge on any atom is 0.0361 e. The molecular formula is C52H48N2. The molecule has 0 aliphatic heterocycles. The van der Waals surface area contributed by atoms with Crippen LogP contribution < -0.4 is 9.80 Å². The first kappa shape index (κ1) is 36.0. The lowest BCUT2D eigenvalue weighted by Crippen LogP contribution is -2.08. The topological polar surface area (TPSA) is 6.48 Å². The highest BCUT2D eigenvalue weighted by Crippen LogP contribution is 2.37. The zero-order valence-corrected chi connectivity index (χ0v) is 31.7. The number of anilines is 2. The summed E-state index contributed by atoms with van der Waals surface area (Å²) in [6.07, 6.45) is 4.89. The predicted molar refractivity (Wildman–Crippen MR) is 232 cm³/mol. The Morgan fingerprint density at radius 3 is 0.870 bits per heavy atom. The fourth-order valence-corrected chi connectivity index (χ4v) is 7.17. The lowest BCUT2D eigenvalue weighted by molar-refractivity contribution is 1.02. The van der Waals surface area contributed by atoms with Gasteiger partial charge >= 0.3 is 0 Å². The van der Waals surface area contributed by atoms with Crippen molar-refractivity contribution in [3.05, 3.63) is 251 Å². The van der Waals surface area contributed by atoms with E-state index in [-0.39, 0.29) is 11.8 Å². The number of allylic oxidation sites excluding steroid dienone is 2. The van der Waals surface area contributed by atoms with E-state index < -0.39 is 0 Å². The molecule has 0 aliphatic rings. The van der Waals surface area contributed by atoms with Crippen LogP contribution in [0.3, 0.4) is 0 Å². The molecule has 0 fully saturated rings. The molecule has 0 bridgehead atoms. The van der Waals surface area contributed by atoms with E-state index in [1.54, 1.807) is 0 Å². The van der Waals surface area contributed by atoms with Gasteiger partial charge in [-0.25, -0.2) is 0 Å². The van der Waals surface area contributed by atoms with Gasteiger partial charge in [0, 0.05) is 51.4 Å². The van der Waals surface area contributed by atoms with Gasteiger partial charge in [-0.3, -0.25) is 0 Å². The molecule has 54 heavy (non-hydrogen) atoms. The average Bonchev–Trinajstić information content (AvgIpc) is 3.23. The first-order chi connectivity index (χ1) is 26.4. The molecule has 0 amide bonds. The number of nitrogens with zero attached hydrogens (tertiary/aromatic N) is 2. The summed E-state index contributed by atoms with van der Waals surface area (Å²) in [5.41, 5.74) is 14.6. The van der Waals surface area contributed by atoms with Gasteiger partial charge in [-0.2, -0.15) is 0 Å². The maximum absolute atomic E-state index is 2.45.